The van der Waals surface area contributed by atoms with Gasteiger partial charge in [-0.3, -0.25) is 0 Å². The smallest absolute Gasteiger partial charge is 0.336 e. The van der Waals surface area contributed by atoms with E-state index in [4.69, 9.17) is 13.9 Å². The molecular formula is C18H20O5. The second-order valence-electron chi connectivity index (χ2n) is 5.35. The number of carbonyl (C=O) groups excluding carboxylic acids is 1. The maximum absolute atomic E-state index is 11.9. The number of esters is 1. The van der Waals surface area contributed by atoms with Crippen LogP contribution in [0.3, 0.4) is 0 Å². The monoisotopic (exact) mass is 316 g/mol. The third-order valence-corrected chi connectivity index (χ3v) is 3.68. The average molecular weight is 316 g/mol. The molecule has 0 aliphatic heterocycles. The molecular weight excluding hydrogens is 296 g/mol. The molecule has 1 aromatic heterocycles. The topological polar surface area (TPSA) is 65.7 Å². The molecule has 5 heteroatoms. The van der Waals surface area contributed by atoms with Crippen LogP contribution in [0, 0.1) is 13.8 Å². The van der Waals surface area contributed by atoms with Crippen molar-refractivity contribution in [1.82, 2.24) is 0 Å². The van der Waals surface area contributed by atoms with Crippen LogP contribution in [0.1, 0.15) is 23.6 Å². The van der Waals surface area contributed by atoms with Gasteiger partial charge in [0.05, 0.1) is 6.61 Å². The molecule has 0 saturated carbocycles. The van der Waals surface area contributed by atoms with Crippen molar-refractivity contribution in [2.24, 2.45) is 0 Å². The Morgan fingerprint density at radius 1 is 1.39 bits per heavy atom. The van der Waals surface area contributed by atoms with E-state index in [1.54, 1.807) is 13.0 Å². The van der Waals surface area contributed by atoms with Crippen molar-refractivity contribution in [2.75, 3.05) is 6.61 Å². The van der Waals surface area contributed by atoms with E-state index in [-0.39, 0.29) is 13.2 Å². The van der Waals surface area contributed by atoms with Gasteiger partial charge in [-0.25, -0.2) is 9.59 Å². The van der Waals surface area contributed by atoms with Gasteiger partial charge in [0, 0.05) is 17.0 Å². The fourth-order valence-corrected chi connectivity index (χ4v) is 2.19. The van der Waals surface area contributed by atoms with E-state index < -0.39 is 17.7 Å². The molecule has 0 spiro atoms. The Morgan fingerprint density at radius 3 is 2.83 bits per heavy atom. The number of fused-ring (bicyclic) bond motifs is 1. The highest BCUT2D eigenvalue weighted by molar-refractivity contribution is 5.84. The molecule has 2 aromatic rings. The molecule has 0 amide bonds. The summed E-state index contributed by atoms with van der Waals surface area (Å²) in [5, 5.41) is 0.764. The van der Waals surface area contributed by atoms with Gasteiger partial charge < -0.3 is 13.9 Å². The summed E-state index contributed by atoms with van der Waals surface area (Å²) in [4.78, 5) is 23.6. The lowest BCUT2D eigenvalue weighted by Crippen LogP contribution is -2.23. The molecule has 23 heavy (non-hydrogen) atoms. The van der Waals surface area contributed by atoms with Gasteiger partial charge in [-0.1, -0.05) is 18.2 Å². The lowest BCUT2D eigenvalue weighted by atomic mass is 10.0. The summed E-state index contributed by atoms with van der Waals surface area (Å²) < 4.78 is 15.7. The van der Waals surface area contributed by atoms with Gasteiger partial charge in [0.15, 0.2) is 6.10 Å². The van der Waals surface area contributed by atoms with Crippen molar-refractivity contribution in [3.05, 3.63) is 58.0 Å². The summed E-state index contributed by atoms with van der Waals surface area (Å²) in [5.74, 6) is -0.489. The molecule has 0 saturated heterocycles. The molecule has 122 valence electrons. The van der Waals surface area contributed by atoms with Gasteiger partial charge in [0.2, 0.25) is 0 Å². The summed E-state index contributed by atoms with van der Waals surface area (Å²) >= 11 is 0. The Bertz CT molecular complexity index is 788. The zero-order valence-electron chi connectivity index (χ0n) is 13.5. The number of benzene rings is 1. The minimum absolute atomic E-state index is 0.00871. The SMILES string of the molecule is C=CCOC(C)C(=O)OCc1cc(=O)oc2c(C)c(C)ccc12. The van der Waals surface area contributed by atoms with E-state index in [2.05, 4.69) is 6.58 Å². The number of carbonyl (C=O) groups is 1. The van der Waals surface area contributed by atoms with E-state index in [0.29, 0.717) is 11.1 Å². The maximum atomic E-state index is 11.9. The standard InChI is InChI=1S/C18H20O5/c1-5-8-21-13(4)18(20)22-10-14-9-16(19)23-17-12(3)11(2)6-7-15(14)17/h5-7,9,13H,1,8,10H2,2-4H3. The van der Waals surface area contributed by atoms with Crippen LogP contribution in [-0.2, 0) is 20.9 Å². The largest absolute Gasteiger partial charge is 0.459 e. The fourth-order valence-electron chi connectivity index (χ4n) is 2.19. The number of ether oxygens (including phenoxy) is 2. The van der Waals surface area contributed by atoms with Crippen LogP contribution in [0.15, 0.2) is 40.1 Å². The average Bonchev–Trinajstić information content (AvgIpc) is 2.53. The third-order valence-electron chi connectivity index (χ3n) is 3.68. The second kappa shape index (κ2) is 7.24. The predicted octanol–water partition coefficient (Wildman–Crippen LogP) is 3.04. The maximum Gasteiger partial charge on any atom is 0.336 e. The lowest BCUT2D eigenvalue weighted by molar-refractivity contribution is -0.156. The normalized spacial score (nSPS) is 12.1. The van der Waals surface area contributed by atoms with Crippen LogP contribution >= 0.6 is 0 Å². The first-order valence-electron chi connectivity index (χ1n) is 7.36. The fraction of sp³-hybridized carbons (Fsp3) is 0.333. The van der Waals surface area contributed by atoms with Crippen molar-refractivity contribution in [1.29, 1.82) is 0 Å². The lowest BCUT2D eigenvalue weighted by Gasteiger charge is -2.13. The first-order chi connectivity index (χ1) is 10.9. The molecule has 0 aliphatic carbocycles. The molecule has 0 fully saturated rings. The van der Waals surface area contributed by atoms with Crippen molar-refractivity contribution in [2.45, 2.75) is 33.5 Å². The van der Waals surface area contributed by atoms with Gasteiger partial charge in [-0.2, -0.15) is 0 Å². The Labute approximate surface area is 134 Å². The highest BCUT2D eigenvalue weighted by atomic mass is 16.6. The van der Waals surface area contributed by atoms with Crippen LogP contribution in [0.2, 0.25) is 0 Å². The van der Waals surface area contributed by atoms with Gasteiger partial charge in [0.25, 0.3) is 0 Å². The molecule has 0 N–H and O–H groups in total. The minimum Gasteiger partial charge on any atom is -0.459 e. The molecule has 1 unspecified atom stereocenters. The molecule has 1 atom stereocenters. The summed E-state index contributed by atoms with van der Waals surface area (Å²) in [6.07, 6.45) is 0.869. The molecule has 1 heterocycles. The summed E-state index contributed by atoms with van der Waals surface area (Å²) in [6.45, 7) is 9.23. The van der Waals surface area contributed by atoms with Crippen molar-refractivity contribution in [3.8, 4) is 0 Å². The third kappa shape index (κ3) is 3.87. The van der Waals surface area contributed by atoms with Gasteiger partial charge in [-0.05, 0) is 31.9 Å². The predicted molar refractivity (Wildman–Crippen MR) is 87.4 cm³/mol. The highest BCUT2D eigenvalue weighted by Gasteiger charge is 2.16. The van der Waals surface area contributed by atoms with E-state index in [1.807, 2.05) is 26.0 Å². The van der Waals surface area contributed by atoms with Gasteiger partial charge >= 0.3 is 11.6 Å². The Hall–Kier alpha value is -2.40. The van der Waals surface area contributed by atoms with Crippen LogP contribution in [0.25, 0.3) is 11.0 Å². The zero-order valence-corrected chi connectivity index (χ0v) is 13.5. The Kier molecular flexibility index (Phi) is 5.34. The van der Waals surface area contributed by atoms with E-state index in [0.717, 1.165) is 16.5 Å². The van der Waals surface area contributed by atoms with Crippen molar-refractivity contribution < 1.29 is 18.7 Å². The summed E-state index contributed by atoms with van der Waals surface area (Å²) in [6, 6.07) is 5.15. The van der Waals surface area contributed by atoms with E-state index >= 15 is 0 Å². The number of rotatable bonds is 6. The van der Waals surface area contributed by atoms with Gasteiger partial charge in [-0.15, -0.1) is 6.58 Å². The first kappa shape index (κ1) is 17.0. The number of aryl methyl sites for hydroxylation is 2. The molecule has 0 radical (unpaired) electrons. The molecule has 2 rings (SSSR count). The first-order valence-corrected chi connectivity index (χ1v) is 7.36. The second-order valence-corrected chi connectivity index (χ2v) is 5.35. The van der Waals surface area contributed by atoms with Crippen LogP contribution in [0.4, 0.5) is 0 Å². The molecule has 0 aliphatic rings. The van der Waals surface area contributed by atoms with Crippen LogP contribution < -0.4 is 5.63 Å². The van der Waals surface area contributed by atoms with Crippen molar-refractivity contribution >= 4 is 16.9 Å². The molecule has 5 nitrogen and oxygen atoms in total. The number of hydrogen-bond acceptors (Lipinski definition) is 5. The van der Waals surface area contributed by atoms with Crippen LogP contribution in [0.5, 0.6) is 0 Å². The van der Waals surface area contributed by atoms with Crippen LogP contribution in [-0.4, -0.2) is 18.7 Å². The summed E-state index contributed by atoms with van der Waals surface area (Å²) in [5.41, 5.74) is 2.60. The Balaban J connectivity index is 2.24. The van der Waals surface area contributed by atoms with E-state index in [1.165, 1.54) is 6.07 Å². The highest BCUT2D eigenvalue weighted by Crippen LogP contribution is 2.23. The summed E-state index contributed by atoms with van der Waals surface area (Å²) in [7, 11) is 0. The minimum atomic E-state index is -0.691. The molecule has 1 aromatic carbocycles. The molecule has 0 bridgehead atoms. The zero-order chi connectivity index (χ0) is 17.0. The van der Waals surface area contributed by atoms with Crippen molar-refractivity contribution in [3.63, 3.8) is 0 Å². The quantitative estimate of drug-likeness (QED) is 0.465. The van der Waals surface area contributed by atoms with E-state index in [9.17, 15) is 9.59 Å². The van der Waals surface area contributed by atoms with Gasteiger partial charge in [0.1, 0.15) is 12.2 Å². The Morgan fingerprint density at radius 2 is 2.13 bits per heavy atom. The number of hydrogen-bond donors (Lipinski definition) is 0.